The van der Waals surface area contributed by atoms with Gasteiger partial charge in [0.2, 0.25) is 10.6 Å². The van der Waals surface area contributed by atoms with E-state index in [4.69, 9.17) is 50.0 Å². The standard InChI is InChI=1S/C7H6Cl2N2O3.C7H8ClN3O3/c1-13-4-3(6(12)14-2)10-7(9)11-5(4)8;1-13-4-3(6(12)14-2)10-7(8)11-5(4)9/h1-2H3;1-2H3,(H2,9,10,11). The number of hydrogen-bond donors (Lipinski definition) is 1. The fourth-order valence-corrected chi connectivity index (χ4v) is 2.32. The van der Waals surface area contributed by atoms with Crippen LogP contribution in [0.25, 0.3) is 0 Å². The van der Waals surface area contributed by atoms with Gasteiger partial charge in [-0.15, -0.1) is 0 Å². The first kappa shape index (κ1) is 23.4. The van der Waals surface area contributed by atoms with Crippen LogP contribution < -0.4 is 15.2 Å². The smallest absolute Gasteiger partial charge is 0.360 e. The van der Waals surface area contributed by atoms with Gasteiger partial charge in [-0.2, -0.15) is 4.98 Å². The van der Waals surface area contributed by atoms with Gasteiger partial charge in [0.25, 0.3) is 0 Å². The topological polar surface area (TPSA) is 149 Å². The van der Waals surface area contributed by atoms with Crippen molar-refractivity contribution in [2.24, 2.45) is 0 Å². The SMILES string of the molecule is COC(=O)c1nc(Cl)nc(Cl)c1OC.COC(=O)c1nc(Cl)nc(N)c1OC. The minimum atomic E-state index is -0.687. The Balaban J connectivity index is 0.000000280. The first-order chi connectivity index (χ1) is 13.2. The molecule has 28 heavy (non-hydrogen) atoms. The number of nitrogen functional groups attached to an aromatic ring is 1. The van der Waals surface area contributed by atoms with Crippen molar-refractivity contribution in [1.82, 2.24) is 19.9 Å². The summed E-state index contributed by atoms with van der Waals surface area (Å²) in [5.41, 5.74) is 5.27. The monoisotopic (exact) mass is 453 g/mol. The molecule has 0 atom stereocenters. The Labute approximate surface area is 174 Å². The van der Waals surface area contributed by atoms with Crippen molar-refractivity contribution >= 4 is 52.6 Å². The van der Waals surface area contributed by atoms with Crippen LogP contribution in [0, 0.1) is 0 Å². The average molecular weight is 455 g/mol. The summed E-state index contributed by atoms with van der Waals surface area (Å²) >= 11 is 16.7. The third kappa shape index (κ3) is 5.68. The van der Waals surface area contributed by atoms with Crippen molar-refractivity contribution in [2.75, 3.05) is 34.2 Å². The maximum Gasteiger partial charge on any atom is 0.360 e. The predicted octanol–water partition coefficient (Wildman–Crippen LogP) is 2.09. The molecule has 2 aromatic heterocycles. The van der Waals surface area contributed by atoms with Crippen LogP contribution in [0.15, 0.2) is 0 Å². The van der Waals surface area contributed by atoms with Gasteiger partial charge in [0, 0.05) is 0 Å². The largest absolute Gasteiger partial charge is 0.491 e. The van der Waals surface area contributed by atoms with E-state index >= 15 is 0 Å². The van der Waals surface area contributed by atoms with Crippen molar-refractivity contribution in [2.45, 2.75) is 0 Å². The summed E-state index contributed by atoms with van der Waals surface area (Å²) in [6.07, 6.45) is 0. The van der Waals surface area contributed by atoms with E-state index in [2.05, 4.69) is 29.4 Å². The lowest BCUT2D eigenvalue weighted by molar-refractivity contribution is 0.0581. The van der Waals surface area contributed by atoms with Crippen LogP contribution in [-0.2, 0) is 9.47 Å². The highest BCUT2D eigenvalue weighted by atomic mass is 35.5. The lowest BCUT2D eigenvalue weighted by Crippen LogP contribution is -2.10. The van der Waals surface area contributed by atoms with E-state index < -0.39 is 11.9 Å². The highest BCUT2D eigenvalue weighted by Crippen LogP contribution is 2.27. The number of esters is 2. The molecule has 0 fully saturated rings. The molecule has 2 aromatic rings. The van der Waals surface area contributed by atoms with E-state index in [1.807, 2.05) is 0 Å². The minimum Gasteiger partial charge on any atom is -0.491 e. The van der Waals surface area contributed by atoms with Gasteiger partial charge in [0.15, 0.2) is 33.9 Å². The predicted molar refractivity (Wildman–Crippen MR) is 99.3 cm³/mol. The van der Waals surface area contributed by atoms with Gasteiger partial charge in [-0.3, -0.25) is 0 Å². The molecule has 152 valence electrons. The second kappa shape index (κ2) is 10.6. The van der Waals surface area contributed by atoms with Crippen LogP contribution in [0.2, 0.25) is 15.7 Å². The molecule has 14 heteroatoms. The maximum absolute atomic E-state index is 11.2. The van der Waals surface area contributed by atoms with Crippen molar-refractivity contribution < 1.29 is 28.5 Å². The molecule has 0 amide bonds. The van der Waals surface area contributed by atoms with Crippen LogP contribution in [0.3, 0.4) is 0 Å². The first-order valence-electron chi connectivity index (χ1n) is 7.00. The lowest BCUT2D eigenvalue weighted by Gasteiger charge is -2.07. The molecule has 0 bridgehead atoms. The Bertz CT molecular complexity index is 812. The summed E-state index contributed by atoms with van der Waals surface area (Å²) < 4.78 is 18.6. The molecule has 0 aromatic carbocycles. The molecular weight excluding hydrogens is 441 g/mol. The van der Waals surface area contributed by atoms with Gasteiger partial charge in [-0.05, 0) is 23.2 Å². The van der Waals surface area contributed by atoms with Crippen LogP contribution in [0.1, 0.15) is 21.0 Å². The molecule has 2 rings (SSSR count). The number of halogens is 3. The summed E-state index contributed by atoms with van der Waals surface area (Å²) in [4.78, 5) is 36.9. The van der Waals surface area contributed by atoms with Crippen molar-refractivity contribution in [3.05, 3.63) is 27.1 Å². The van der Waals surface area contributed by atoms with E-state index in [9.17, 15) is 9.59 Å². The molecule has 0 radical (unpaired) electrons. The van der Waals surface area contributed by atoms with Gasteiger partial charge < -0.3 is 24.7 Å². The Hall–Kier alpha value is -2.63. The van der Waals surface area contributed by atoms with Gasteiger partial charge in [-0.25, -0.2) is 24.5 Å². The van der Waals surface area contributed by atoms with Crippen molar-refractivity contribution in [1.29, 1.82) is 0 Å². The van der Waals surface area contributed by atoms with Gasteiger partial charge >= 0.3 is 11.9 Å². The zero-order valence-corrected chi connectivity index (χ0v) is 17.2. The number of rotatable bonds is 4. The summed E-state index contributed by atoms with van der Waals surface area (Å²) in [5, 5.41) is -0.312. The molecule has 0 aliphatic carbocycles. The number of ether oxygens (including phenoxy) is 4. The highest BCUT2D eigenvalue weighted by molar-refractivity contribution is 6.33. The van der Waals surface area contributed by atoms with E-state index in [0.717, 1.165) is 0 Å². The zero-order valence-electron chi connectivity index (χ0n) is 14.9. The molecule has 0 saturated heterocycles. The summed E-state index contributed by atoms with van der Waals surface area (Å²) in [5.74, 6) is -1.28. The van der Waals surface area contributed by atoms with Crippen LogP contribution in [0.5, 0.6) is 11.5 Å². The van der Waals surface area contributed by atoms with Gasteiger partial charge in [0.05, 0.1) is 28.4 Å². The second-order valence-corrected chi connectivity index (χ2v) is 5.44. The Morgan fingerprint density at radius 1 is 0.750 bits per heavy atom. The third-order valence-electron chi connectivity index (χ3n) is 2.83. The molecule has 0 aliphatic heterocycles. The number of carbonyl (C=O) groups excluding carboxylic acids is 2. The Kier molecular flexibility index (Phi) is 8.89. The molecule has 2 heterocycles. The van der Waals surface area contributed by atoms with E-state index in [1.54, 1.807) is 0 Å². The third-order valence-corrected chi connectivity index (χ3v) is 3.42. The van der Waals surface area contributed by atoms with Crippen LogP contribution >= 0.6 is 34.8 Å². The summed E-state index contributed by atoms with van der Waals surface area (Å²) in [7, 11) is 5.11. The number of hydrogen-bond acceptors (Lipinski definition) is 11. The van der Waals surface area contributed by atoms with Gasteiger partial charge in [-0.1, -0.05) is 11.6 Å². The van der Waals surface area contributed by atoms with Crippen molar-refractivity contribution in [3.63, 3.8) is 0 Å². The molecular formula is C14H14Cl3N5O6. The number of anilines is 1. The molecule has 0 spiro atoms. The number of nitrogens with two attached hydrogens (primary N) is 1. The summed E-state index contributed by atoms with van der Waals surface area (Å²) in [6, 6.07) is 0. The fraction of sp³-hybridized carbons (Fsp3) is 0.286. The molecule has 11 nitrogen and oxygen atoms in total. The van der Waals surface area contributed by atoms with E-state index in [0.29, 0.717) is 0 Å². The lowest BCUT2D eigenvalue weighted by atomic mass is 10.3. The molecule has 2 N–H and O–H groups in total. The van der Waals surface area contributed by atoms with Crippen molar-refractivity contribution in [3.8, 4) is 11.5 Å². The van der Waals surface area contributed by atoms with E-state index in [1.165, 1.54) is 28.4 Å². The quantitative estimate of drug-likeness (QED) is 0.411. The molecule has 0 unspecified atom stereocenters. The maximum atomic E-state index is 11.2. The number of aromatic nitrogens is 4. The van der Waals surface area contributed by atoms with Gasteiger partial charge in [0.1, 0.15) is 0 Å². The fourth-order valence-electron chi connectivity index (χ4n) is 1.69. The number of carbonyl (C=O) groups is 2. The summed E-state index contributed by atoms with van der Waals surface area (Å²) in [6.45, 7) is 0. The van der Waals surface area contributed by atoms with Crippen LogP contribution in [0.4, 0.5) is 5.82 Å². The van der Waals surface area contributed by atoms with E-state index in [-0.39, 0.29) is 44.4 Å². The van der Waals surface area contributed by atoms with Crippen LogP contribution in [-0.4, -0.2) is 60.3 Å². The first-order valence-corrected chi connectivity index (χ1v) is 8.14. The second-order valence-electron chi connectivity index (χ2n) is 4.41. The Morgan fingerprint density at radius 2 is 1.18 bits per heavy atom. The molecule has 0 saturated carbocycles. The Morgan fingerprint density at radius 3 is 1.61 bits per heavy atom. The zero-order chi connectivity index (χ0) is 21.4. The molecule has 0 aliphatic rings. The number of nitrogens with zero attached hydrogens (tertiary/aromatic N) is 4. The minimum absolute atomic E-state index is 0.00657. The normalized spacial score (nSPS) is 9.68. The average Bonchev–Trinajstić information content (AvgIpc) is 2.66. The highest BCUT2D eigenvalue weighted by Gasteiger charge is 2.20. The number of methoxy groups -OCH3 is 4.